The zero-order valence-electron chi connectivity index (χ0n) is 20.3. The molecule has 1 aliphatic rings. The van der Waals surface area contributed by atoms with Crippen molar-refractivity contribution in [2.75, 3.05) is 10.7 Å². The van der Waals surface area contributed by atoms with E-state index < -0.39 is 35.3 Å². The van der Waals surface area contributed by atoms with Crippen molar-refractivity contribution in [1.82, 2.24) is 14.9 Å². The van der Waals surface area contributed by atoms with Crippen molar-refractivity contribution >= 4 is 29.4 Å². The summed E-state index contributed by atoms with van der Waals surface area (Å²) < 4.78 is 41.7. The smallest absolute Gasteiger partial charge is 0.330 e. The quantitative estimate of drug-likeness (QED) is 0.418. The van der Waals surface area contributed by atoms with E-state index in [1.165, 1.54) is 52.1 Å². The lowest BCUT2D eigenvalue weighted by Gasteiger charge is -2.51. The van der Waals surface area contributed by atoms with Crippen molar-refractivity contribution in [2.45, 2.75) is 43.4 Å². The van der Waals surface area contributed by atoms with Gasteiger partial charge in [-0.2, -0.15) is 18.4 Å². The minimum Gasteiger partial charge on any atom is -0.330 e. The number of thioether (sulfide) groups is 1. The summed E-state index contributed by atoms with van der Waals surface area (Å²) in [5.74, 6) is -0.637. The molecule has 2 aromatic carbocycles. The van der Waals surface area contributed by atoms with Crippen LogP contribution in [0.25, 0.3) is 0 Å². The van der Waals surface area contributed by atoms with Crippen LogP contribution in [0.4, 0.5) is 23.7 Å². The van der Waals surface area contributed by atoms with Crippen LogP contribution in [0.15, 0.2) is 66.1 Å². The summed E-state index contributed by atoms with van der Waals surface area (Å²) in [6, 6.07) is 10.2. The van der Waals surface area contributed by atoms with E-state index in [2.05, 4.69) is 16.4 Å². The number of nitriles is 1. The Bertz CT molecular complexity index is 1370. The van der Waals surface area contributed by atoms with E-state index >= 15 is 0 Å². The van der Waals surface area contributed by atoms with Gasteiger partial charge in [-0.25, -0.2) is 9.78 Å². The second kappa shape index (κ2) is 9.94. The maximum atomic E-state index is 13.9. The number of aromatic nitrogens is 2. The zero-order valence-corrected chi connectivity index (χ0v) is 21.1. The first-order valence-corrected chi connectivity index (χ1v) is 12.4. The molecule has 0 spiro atoms. The molecular formula is C26H24F3N5O2S. The molecule has 192 valence electrons. The number of urea groups is 1. The Morgan fingerprint density at radius 1 is 1.24 bits per heavy atom. The van der Waals surface area contributed by atoms with Crippen molar-refractivity contribution in [3.63, 3.8) is 0 Å². The predicted octanol–water partition coefficient (Wildman–Crippen LogP) is 5.89. The Labute approximate surface area is 216 Å². The molecule has 2 heterocycles. The molecule has 2 atom stereocenters. The number of anilines is 1. The van der Waals surface area contributed by atoms with Crippen LogP contribution in [0, 0.1) is 17.2 Å². The highest BCUT2D eigenvalue weighted by Gasteiger charge is 2.53. The lowest BCUT2D eigenvalue weighted by molar-refractivity contribution is -0.137. The number of rotatable bonds is 5. The van der Waals surface area contributed by atoms with Crippen LogP contribution in [-0.2, 0) is 6.18 Å². The summed E-state index contributed by atoms with van der Waals surface area (Å²) in [4.78, 5) is 33.3. The topological polar surface area (TPSA) is 91.0 Å². The van der Waals surface area contributed by atoms with Gasteiger partial charge < -0.3 is 5.32 Å². The van der Waals surface area contributed by atoms with Crippen molar-refractivity contribution in [2.24, 2.45) is 5.92 Å². The van der Waals surface area contributed by atoms with Crippen LogP contribution < -0.4 is 10.2 Å². The molecule has 2 amide bonds. The van der Waals surface area contributed by atoms with E-state index in [0.29, 0.717) is 16.9 Å². The number of benzene rings is 2. The molecule has 0 aliphatic carbocycles. The van der Waals surface area contributed by atoms with Gasteiger partial charge in [0, 0.05) is 23.0 Å². The fourth-order valence-corrected chi connectivity index (χ4v) is 5.64. The Kier molecular flexibility index (Phi) is 7.06. The van der Waals surface area contributed by atoms with Crippen molar-refractivity contribution in [3.05, 3.63) is 77.9 Å². The van der Waals surface area contributed by atoms with Crippen LogP contribution in [-0.4, -0.2) is 32.8 Å². The monoisotopic (exact) mass is 527 g/mol. The van der Waals surface area contributed by atoms with Crippen molar-refractivity contribution in [3.8, 4) is 6.07 Å². The third-order valence-corrected chi connectivity index (χ3v) is 7.34. The van der Waals surface area contributed by atoms with Gasteiger partial charge in [0.1, 0.15) is 6.33 Å². The number of hydrogen-bond acceptors (Lipinski definition) is 5. The summed E-state index contributed by atoms with van der Waals surface area (Å²) in [7, 11) is 0. The maximum absolute atomic E-state index is 13.9. The predicted molar refractivity (Wildman–Crippen MR) is 133 cm³/mol. The molecule has 0 radical (unpaired) electrons. The first-order valence-electron chi connectivity index (χ1n) is 11.5. The Hall–Kier alpha value is -3.78. The van der Waals surface area contributed by atoms with E-state index in [1.807, 2.05) is 6.92 Å². The molecule has 1 fully saturated rings. The Morgan fingerprint density at radius 2 is 2.00 bits per heavy atom. The van der Waals surface area contributed by atoms with Crippen LogP contribution >= 0.6 is 11.8 Å². The summed E-state index contributed by atoms with van der Waals surface area (Å²) in [6.07, 6.45) is -0.316. The normalized spacial score (nSPS) is 19.3. The molecule has 37 heavy (non-hydrogen) atoms. The molecule has 7 nitrogen and oxygen atoms in total. The van der Waals surface area contributed by atoms with E-state index in [9.17, 15) is 28.0 Å². The van der Waals surface area contributed by atoms with Gasteiger partial charge in [0.25, 0.3) is 0 Å². The minimum atomic E-state index is -4.60. The number of hydrogen-bond donors (Lipinski definition) is 1. The van der Waals surface area contributed by atoms with Gasteiger partial charge >= 0.3 is 12.2 Å². The van der Waals surface area contributed by atoms with Crippen LogP contribution in [0.2, 0.25) is 0 Å². The zero-order chi connectivity index (χ0) is 27.0. The average molecular weight is 528 g/mol. The van der Waals surface area contributed by atoms with Gasteiger partial charge in [0.2, 0.25) is 5.91 Å². The summed E-state index contributed by atoms with van der Waals surface area (Å²) >= 11 is 1.47. The molecule has 1 aromatic heterocycles. The number of alkyl halides is 3. The maximum Gasteiger partial charge on any atom is 0.416 e. The fourth-order valence-electron chi connectivity index (χ4n) is 4.75. The van der Waals surface area contributed by atoms with Crippen LogP contribution in [0.1, 0.15) is 48.3 Å². The highest BCUT2D eigenvalue weighted by atomic mass is 32.2. The number of nitrogens with zero attached hydrogens (tertiary/aromatic N) is 4. The number of amides is 2. The van der Waals surface area contributed by atoms with Gasteiger partial charge in [-0.05, 0) is 55.5 Å². The largest absolute Gasteiger partial charge is 0.416 e. The van der Waals surface area contributed by atoms with Crippen molar-refractivity contribution < 1.29 is 22.8 Å². The summed E-state index contributed by atoms with van der Waals surface area (Å²) in [5.41, 5.74) is -1.07. The number of carbonyl (C=O) groups is 2. The van der Waals surface area contributed by atoms with Gasteiger partial charge in [0.15, 0.2) is 0 Å². The molecule has 0 bridgehead atoms. The average Bonchev–Trinajstić information content (AvgIpc) is 3.38. The number of nitrogens with one attached hydrogen (secondary N) is 1. The minimum absolute atomic E-state index is 0.0159. The number of halogens is 3. The molecule has 11 heteroatoms. The van der Waals surface area contributed by atoms with Gasteiger partial charge in [-0.15, -0.1) is 11.8 Å². The van der Waals surface area contributed by atoms with E-state index in [4.69, 9.17) is 0 Å². The first-order chi connectivity index (χ1) is 17.5. The highest BCUT2D eigenvalue weighted by molar-refractivity contribution is 7.99. The second-order valence-corrected chi connectivity index (χ2v) is 10.4. The molecule has 3 aromatic rings. The highest BCUT2D eigenvalue weighted by Crippen LogP contribution is 2.45. The second-order valence-electron chi connectivity index (χ2n) is 9.05. The Morgan fingerprint density at radius 3 is 2.62 bits per heavy atom. The number of carbonyl (C=O) groups excluding carboxylic acids is 2. The van der Waals surface area contributed by atoms with E-state index in [0.717, 1.165) is 17.0 Å². The van der Waals surface area contributed by atoms with E-state index in [1.54, 1.807) is 32.0 Å². The standard InChI is InChI=1S/C26H24F3N5O2S/c1-4-37-20-12-16(14-30)8-9-19(20)22-21(23(35)33-11-10-31-15-33)25(2,3)34(24(36)32-22)18-7-5-6-17(13-18)26(27,28)29/h5-13,15,21-22H,4H2,1-3H3,(H,32,36)/t21?,22-/m1/s1. The van der Waals surface area contributed by atoms with Gasteiger partial charge in [0.05, 0.1) is 34.7 Å². The molecule has 4 rings (SSSR count). The third-order valence-electron chi connectivity index (χ3n) is 6.39. The Balaban J connectivity index is 1.88. The third kappa shape index (κ3) is 4.93. The first kappa shape index (κ1) is 26.3. The van der Waals surface area contributed by atoms with Gasteiger partial charge in [-0.1, -0.05) is 19.1 Å². The number of imidazole rings is 1. The molecule has 1 saturated heterocycles. The van der Waals surface area contributed by atoms with Crippen molar-refractivity contribution in [1.29, 1.82) is 5.26 Å². The lowest BCUT2D eigenvalue weighted by atomic mass is 9.75. The molecule has 1 aliphatic heterocycles. The molecular weight excluding hydrogens is 503 g/mol. The molecule has 1 unspecified atom stereocenters. The van der Waals surface area contributed by atoms with Gasteiger partial charge in [-0.3, -0.25) is 14.3 Å². The van der Waals surface area contributed by atoms with E-state index in [-0.39, 0.29) is 11.6 Å². The molecule has 0 saturated carbocycles. The molecule has 1 N–H and O–H groups in total. The summed E-state index contributed by atoms with van der Waals surface area (Å²) in [5, 5.41) is 12.3. The SMILES string of the molecule is CCSc1cc(C#N)ccc1[C@H]1NC(=O)N(c2cccc(C(F)(F)F)c2)C(C)(C)C1C(=O)n1ccnc1. The summed E-state index contributed by atoms with van der Waals surface area (Å²) in [6.45, 7) is 5.27. The fraction of sp³-hybridized carbons (Fsp3) is 0.308. The van der Waals surface area contributed by atoms with Crippen LogP contribution in [0.5, 0.6) is 0 Å². The lowest BCUT2D eigenvalue weighted by Crippen LogP contribution is -2.66. The van der Waals surface area contributed by atoms with Crippen LogP contribution in [0.3, 0.4) is 0 Å².